The molecular weight excluding hydrogens is 187 g/mol. The van der Waals surface area contributed by atoms with E-state index in [0.29, 0.717) is 0 Å². The summed E-state index contributed by atoms with van der Waals surface area (Å²) in [5.41, 5.74) is -0.0315. The predicted molar refractivity (Wildman–Crippen MR) is 48.2 cm³/mol. The molecule has 14 heavy (non-hydrogen) atoms. The van der Waals surface area contributed by atoms with E-state index in [1.54, 1.807) is 0 Å². The standard InChI is InChI=1S/C9H11FN2O2/c1-12(4-5-13)9(14)7-2-3-11-6-8(7)10/h2-3,6,13H,4-5H2,1H3. The van der Waals surface area contributed by atoms with Gasteiger partial charge < -0.3 is 10.0 Å². The van der Waals surface area contributed by atoms with Gasteiger partial charge >= 0.3 is 0 Å². The first kappa shape index (κ1) is 10.6. The quantitative estimate of drug-likeness (QED) is 0.759. The molecule has 1 aromatic rings. The van der Waals surface area contributed by atoms with Crippen LogP contribution >= 0.6 is 0 Å². The number of carbonyl (C=O) groups excluding carboxylic acids is 1. The van der Waals surface area contributed by atoms with Crippen LogP contribution in [0, 0.1) is 5.82 Å². The van der Waals surface area contributed by atoms with Gasteiger partial charge in [0.05, 0.1) is 18.4 Å². The minimum absolute atomic E-state index is 0.0315. The molecule has 0 aliphatic rings. The lowest BCUT2D eigenvalue weighted by Crippen LogP contribution is -2.30. The van der Waals surface area contributed by atoms with Crippen molar-refractivity contribution in [2.45, 2.75) is 0 Å². The zero-order chi connectivity index (χ0) is 10.6. The predicted octanol–water partition coefficient (Wildman–Crippen LogP) is 0.285. The van der Waals surface area contributed by atoms with Gasteiger partial charge in [-0.25, -0.2) is 4.39 Å². The van der Waals surface area contributed by atoms with E-state index in [0.717, 1.165) is 6.20 Å². The van der Waals surface area contributed by atoms with E-state index in [1.807, 2.05) is 0 Å². The van der Waals surface area contributed by atoms with E-state index in [2.05, 4.69) is 4.98 Å². The first-order valence-electron chi connectivity index (χ1n) is 4.12. The van der Waals surface area contributed by atoms with Crippen molar-refractivity contribution in [1.82, 2.24) is 9.88 Å². The van der Waals surface area contributed by atoms with Crippen molar-refractivity contribution in [3.05, 3.63) is 29.8 Å². The number of hydrogen-bond donors (Lipinski definition) is 1. The summed E-state index contributed by atoms with van der Waals surface area (Å²) in [7, 11) is 1.50. The van der Waals surface area contributed by atoms with Gasteiger partial charge in [-0.05, 0) is 6.07 Å². The summed E-state index contributed by atoms with van der Waals surface area (Å²) in [5.74, 6) is -1.11. The molecule has 5 heteroatoms. The Balaban J connectivity index is 2.84. The maximum Gasteiger partial charge on any atom is 0.256 e. The highest BCUT2D eigenvalue weighted by Gasteiger charge is 2.14. The summed E-state index contributed by atoms with van der Waals surface area (Å²) >= 11 is 0. The minimum Gasteiger partial charge on any atom is -0.395 e. The van der Waals surface area contributed by atoms with Gasteiger partial charge in [0.25, 0.3) is 5.91 Å². The fourth-order valence-corrected chi connectivity index (χ4v) is 1.01. The Morgan fingerprint density at radius 3 is 3.00 bits per heavy atom. The molecule has 0 radical (unpaired) electrons. The molecule has 0 bridgehead atoms. The molecule has 0 fully saturated rings. The zero-order valence-corrected chi connectivity index (χ0v) is 7.77. The van der Waals surface area contributed by atoms with E-state index in [9.17, 15) is 9.18 Å². The molecule has 1 aromatic heterocycles. The summed E-state index contributed by atoms with van der Waals surface area (Å²) in [4.78, 5) is 16.3. The van der Waals surface area contributed by atoms with Crippen LogP contribution in [0.15, 0.2) is 18.5 Å². The van der Waals surface area contributed by atoms with Crippen molar-refractivity contribution in [3.63, 3.8) is 0 Å². The molecule has 1 heterocycles. The molecule has 0 saturated carbocycles. The number of halogens is 1. The van der Waals surface area contributed by atoms with Gasteiger partial charge in [0.1, 0.15) is 0 Å². The van der Waals surface area contributed by atoms with Crippen LogP contribution in [-0.4, -0.2) is 41.1 Å². The fourth-order valence-electron chi connectivity index (χ4n) is 1.01. The molecule has 76 valence electrons. The Morgan fingerprint density at radius 2 is 2.43 bits per heavy atom. The van der Waals surface area contributed by atoms with Gasteiger partial charge in [0.15, 0.2) is 5.82 Å². The van der Waals surface area contributed by atoms with Gasteiger partial charge in [-0.15, -0.1) is 0 Å². The van der Waals surface area contributed by atoms with Gasteiger partial charge in [-0.3, -0.25) is 9.78 Å². The summed E-state index contributed by atoms with van der Waals surface area (Å²) in [6.07, 6.45) is 2.34. The number of aromatic nitrogens is 1. The number of hydrogen-bond acceptors (Lipinski definition) is 3. The highest BCUT2D eigenvalue weighted by molar-refractivity contribution is 5.94. The van der Waals surface area contributed by atoms with Gasteiger partial charge in [0, 0.05) is 19.8 Å². The minimum atomic E-state index is -0.651. The number of nitrogens with zero attached hydrogens (tertiary/aromatic N) is 2. The third-order valence-corrected chi connectivity index (χ3v) is 1.78. The highest BCUT2D eigenvalue weighted by atomic mass is 19.1. The van der Waals surface area contributed by atoms with Gasteiger partial charge in [0.2, 0.25) is 0 Å². The number of likely N-dealkylation sites (N-methyl/N-ethyl adjacent to an activating group) is 1. The molecule has 1 N–H and O–H groups in total. The third-order valence-electron chi connectivity index (χ3n) is 1.78. The van der Waals surface area contributed by atoms with Crippen LogP contribution in [0.1, 0.15) is 10.4 Å². The lowest BCUT2D eigenvalue weighted by Gasteiger charge is -2.15. The monoisotopic (exact) mass is 198 g/mol. The van der Waals surface area contributed by atoms with Crippen LogP contribution < -0.4 is 0 Å². The summed E-state index contributed by atoms with van der Waals surface area (Å²) < 4.78 is 13.1. The number of aliphatic hydroxyl groups excluding tert-OH is 1. The topological polar surface area (TPSA) is 53.4 Å². The summed E-state index contributed by atoms with van der Waals surface area (Å²) in [6, 6.07) is 1.31. The first-order valence-corrected chi connectivity index (χ1v) is 4.12. The maximum atomic E-state index is 13.1. The van der Waals surface area contributed by atoms with Crippen molar-refractivity contribution < 1.29 is 14.3 Å². The Labute approximate surface area is 81.0 Å². The number of pyridine rings is 1. The van der Waals surface area contributed by atoms with Crippen molar-refractivity contribution in [2.24, 2.45) is 0 Å². The first-order chi connectivity index (χ1) is 6.66. The highest BCUT2D eigenvalue weighted by Crippen LogP contribution is 2.06. The van der Waals surface area contributed by atoms with Crippen LogP contribution in [0.3, 0.4) is 0 Å². The molecule has 0 unspecified atom stereocenters. The molecule has 0 atom stereocenters. The third kappa shape index (κ3) is 2.26. The Bertz CT molecular complexity index is 330. The average Bonchev–Trinajstić information content (AvgIpc) is 2.18. The van der Waals surface area contributed by atoms with Crippen molar-refractivity contribution in [1.29, 1.82) is 0 Å². The van der Waals surface area contributed by atoms with Crippen molar-refractivity contribution in [2.75, 3.05) is 20.2 Å². The second kappa shape index (κ2) is 4.66. The number of rotatable bonds is 3. The molecule has 0 saturated heterocycles. The normalized spacial score (nSPS) is 9.93. The molecule has 1 amide bonds. The smallest absolute Gasteiger partial charge is 0.256 e. The van der Waals surface area contributed by atoms with Crippen molar-refractivity contribution in [3.8, 4) is 0 Å². The molecule has 0 spiro atoms. The number of carbonyl (C=O) groups is 1. The summed E-state index contributed by atoms with van der Waals surface area (Å²) in [6.45, 7) is 0.0372. The Kier molecular flexibility index (Phi) is 3.53. The van der Waals surface area contributed by atoms with Gasteiger partial charge in [-0.2, -0.15) is 0 Å². The van der Waals surface area contributed by atoms with E-state index in [4.69, 9.17) is 5.11 Å². The number of amides is 1. The average molecular weight is 198 g/mol. The molecule has 0 aromatic carbocycles. The SMILES string of the molecule is CN(CCO)C(=O)c1ccncc1F. The van der Waals surface area contributed by atoms with E-state index < -0.39 is 11.7 Å². The van der Waals surface area contributed by atoms with Gasteiger partial charge in [-0.1, -0.05) is 0 Å². The van der Waals surface area contributed by atoms with E-state index >= 15 is 0 Å². The fraction of sp³-hybridized carbons (Fsp3) is 0.333. The van der Waals surface area contributed by atoms with E-state index in [-0.39, 0.29) is 18.7 Å². The number of aliphatic hydroxyl groups is 1. The molecule has 1 rings (SSSR count). The van der Waals surface area contributed by atoms with Crippen LogP contribution in [0.4, 0.5) is 4.39 Å². The largest absolute Gasteiger partial charge is 0.395 e. The molecule has 4 nitrogen and oxygen atoms in total. The van der Waals surface area contributed by atoms with E-state index in [1.165, 1.54) is 24.2 Å². The second-order valence-corrected chi connectivity index (χ2v) is 2.81. The van der Waals surface area contributed by atoms with Crippen LogP contribution in [0.2, 0.25) is 0 Å². The van der Waals surface area contributed by atoms with Crippen molar-refractivity contribution >= 4 is 5.91 Å². The van der Waals surface area contributed by atoms with Crippen LogP contribution in [0.5, 0.6) is 0 Å². The Hall–Kier alpha value is -1.49. The zero-order valence-electron chi connectivity index (χ0n) is 7.77. The molecule has 0 aliphatic carbocycles. The van der Waals surface area contributed by atoms with Crippen LogP contribution in [0.25, 0.3) is 0 Å². The lowest BCUT2D eigenvalue weighted by atomic mass is 10.2. The summed E-state index contributed by atoms with van der Waals surface area (Å²) in [5, 5.41) is 8.60. The molecular formula is C9H11FN2O2. The maximum absolute atomic E-state index is 13.1. The lowest BCUT2D eigenvalue weighted by molar-refractivity contribution is 0.0762. The molecule has 0 aliphatic heterocycles. The second-order valence-electron chi connectivity index (χ2n) is 2.81. The Morgan fingerprint density at radius 1 is 1.71 bits per heavy atom. The van der Waals surface area contributed by atoms with Crippen LogP contribution in [-0.2, 0) is 0 Å².